The minimum Gasteiger partial charge on any atom is -0.317 e. The maximum absolute atomic E-state index is 12.4. The van der Waals surface area contributed by atoms with Crippen molar-refractivity contribution in [3.63, 3.8) is 0 Å². The molecule has 0 aliphatic heterocycles. The van der Waals surface area contributed by atoms with Gasteiger partial charge in [-0.1, -0.05) is 50.3 Å². The zero-order valence-corrected chi connectivity index (χ0v) is 14.1. The van der Waals surface area contributed by atoms with E-state index in [1.165, 1.54) is 0 Å². The number of carbonyl (C=O) groups is 2. The fraction of sp³-hybridized carbons (Fsp3) is 0.400. The highest BCUT2D eigenvalue weighted by atomic mass is 16.1. The summed E-state index contributed by atoms with van der Waals surface area (Å²) in [7, 11) is 0. The standard InChI is InChI=1S/C16H14O2.C4H11N/c1-10-6-8-13-14(9-7-10)16(18)12-5-3-2-4-11(12)15(13)17;1-3-5-4-2/h2-5H,1,6-9H2;5H,3-4H2,1-2H3. The number of rotatable bonds is 2. The Bertz CT molecular complexity index is 602. The number of hydrogen-bond acceptors (Lipinski definition) is 3. The summed E-state index contributed by atoms with van der Waals surface area (Å²) in [6.45, 7) is 10.4. The fourth-order valence-electron chi connectivity index (χ4n) is 2.99. The fourth-order valence-corrected chi connectivity index (χ4v) is 2.99. The van der Waals surface area contributed by atoms with E-state index in [0.29, 0.717) is 24.0 Å². The van der Waals surface area contributed by atoms with Gasteiger partial charge in [-0.3, -0.25) is 9.59 Å². The van der Waals surface area contributed by atoms with Crippen LogP contribution >= 0.6 is 0 Å². The first-order valence-electron chi connectivity index (χ1n) is 8.37. The van der Waals surface area contributed by atoms with Crippen LogP contribution in [0.25, 0.3) is 0 Å². The molecular weight excluding hydrogens is 286 g/mol. The second-order valence-corrected chi connectivity index (χ2v) is 5.87. The van der Waals surface area contributed by atoms with E-state index in [1.54, 1.807) is 12.1 Å². The average Bonchev–Trinajstić information content (AvgIpc) is 2.76. The predicted octanol–water partition coefficient (Wildman–Crippen LogP) is 4.11. The van der Waals surface area contributed by atoms with Gasteiger partial charge < -0.3 is 5.32 Å². The Morgan fingerprint density at radius 1 is 0.870 bits per heavy atom. The molecule has 0 aromatic heterocycles. The topological polar surface area (TPSA) is 46.2 Å². The first kappa shape index (κ1) is 17.4. The van der Waals surface area contributed by atoms with Crippen LogP contribution in [0.3, 0.4) is 0 Å². The predicted molar refractivity (Wildman–Crippen MR) is 94.0 cm³/mol. The molecule has 0 bridgehead atoms. The van der Waals surface area contributed by atoms with Crippen molar-refractivity contribution in [2.45, 2.75) is 39.5 Å². The van der Waals surface area contributed by atoms with Crippen molar-refractivity contribution < 1.29 is 9.59 Å². The SMILES string of the molecule is C=C1CCC2=C(CC1)C(=O)c1ccccc1C2=O.CCNCC. The van der Waals surface area contributed by atoms with Gasteiger partial charge in [0.15, 0.2) is 11.6 Å². The smallest absolute Gasteiger partial charge is 0.190 e. The van der Waals surface area contributed by atoms with Gasteiger partial charge in [0.05, 0.1) is 0 Å². The normalized spacial score (nSPS) is 17.0. The van der Waals surface area contributed by atoms with Gasteiger partial charge in [-0.25, -0.2) is 0 Å². The summed E-state index contributed by atoms with van der Waals surface area (Å²) in [6, 6.07) is 7.12. The molecular formula is C20H25NO2. The molecule has 3 nitrogen and oxygen atoms in total. The molecule has 0 saturated carbocycles. The van der Waals surface area contributed by atoms with E-state index in [0.717, 1.165) is 42.7 Å². The zero-order valence-electron chi connectivity index (χ0n) is 14.1. The molecule has 23 heavy (non-hydrogen) atoms. The molecule has 0 atom stereocenters. The van der Waals surface area contributed by atoms with Crippen LogP contribution < -0.4 is 5.32 Å². The molecule has 0 fully saturated rings. The summed E-state index contributed by atoms with van der Waals surface area (Å²) in [6.07, 6.45) is 2.96. The van der Waals surface area contributed by atoms with E-state index in [-0.39, 0.29) is 11.6 Å². The quantitative estimate of drug-likeness (QED) is 0.836. The number of ketones is 2. The highest BCUT2D eigenvalue weighted by Gasteiger charge is 2.32. The Morgan fingerprint density at radius 3 is 1.65 bits per heavy atom. The molecule has 0 unspecified atom stereocenters. The van der Waals surface area contributed by atoms with Gasteiger partial charge in [-0.2, -0.15) is 0 Å². The molecule has 3 rings (SSSR count). The Kier molecular flexibility index (Phi) is 6.05. The van der Waals surface area contributed by atoms with Gasteiger partial charge in [0.25, 0.3) is 0 Å². The third-order valence-electron chi connectivity index (χ3n) is 4.29. The van der Waals surface area contributed by atoms with E-state index in [9.17, 15) is 9.59 Å². The molecule has 2 aliphatic rings. The summed E-state index contributed by atoms with van der Waals surface area (Å²) in [5.74, 6) is 0.0739. The molecule has 1 aromatic carbocycles. The van der Waals surface area contributed by atoms with Crippen LogP contribution in [0.1, 0.15) is 60.2 Å². The Labute approximate surface area is 138 Å². The van der Waals surface area contributed by atoms with Crippen molar-refractivity contribution in [2.75, 3.05) is 13.1 Å². The van der Waals surface area contributed by atoms with Crippen LogP contribution in [-0.2, 0) is 0 Å². The Hall–Kier alpha value is -2.00. The van der Waals surface area contributed by atoms with Gasteiger partial charge in [-0.15, -0.1) is 0 Å². The Morgan fingerprint density at radius 2 is 1.30 bits per heavy atom. The largest absolute Gasteiger partial charge is 0.317 e. The minimum atomic E-state index is 0.0369. The van der Waals surface area contributed by atoms with Crippen molar-refractivity contribution in [3.05, 3.63) is 58.7 Å². The lowest BCUT2D eigenvalue weighted by Gasteiger charge is -2.19. The average molecular weight is 311 g/mol. The van der Waals surface area contributed by atoms with E-state index in [4.69, 9.17) is 0 Å². The summed E-state index contributed by atoms with van der Waals surface area (Å²) in [4.78, 5) is 24.8. The van der Waals surface area contributed by atoms with Gasteiger partial charge in [-0.05, 0) is 38.8 Å². The summed E-state index contributed by atoms with van der Waals surface area (Å²) in [5, 5.41) is 3.11. The first-order chi connectivity index (χ1) is 11.1. The molecule has 1 aromatic rings. The van der Waals surface area contributed by atoms with Gasteiger partial charge in [0.2, 0.25) is 0 Å². The second kappa shape index (κ2) is 8.02. The lowest BCUT2D eigenvalue weighted by atomic mass is 9.82. The van der Waals surface area contributed by atoms with Crippen molar-refractivity contribution in [1.82, 2.24) is 5.32 Å². The Balaban J connectivity index is 0.000000338. The lowest BCUT2D eigenvalue weighted by Crippen LogP contribution is -2.21. The van der Waals surface area contributed by atoms with Crippen molar-refractivity contribution in [2.24, 2.45) is 0 Å². The van der Waals surface area contributed by atoms with Crippen LogP contribution in [0.2, 0.25) is 0 Å². The molecule has 122 valence electrons. The molecule has 0 spiro atoms. The van der Waals surface area contributed by atoms with E-state index >= 15 is 0 Å². The number of hydrogen-bond donors (Lipinski definition) is 1. The van der Waals surface area contributed by atoms with Gasteiger partial charge in [0.1, 0.15) is 0 Å². The summed E-state index contributed by atoms with van der Waals surface area (Å²) < 4.78 is 0. The first-order valence-corrected chi connectivity index (χ1v) is 8.37. The molecule has 2 aliphatic carbocycles. The van der Waals surface area contributed by atoms with E-state index in [2.05, 4.69) is 25.7 Å². The molecule has 0 heterocycles. The number of allylic oxidation sites excluding steroid dienone is 3. The van der Waals surface area contributed by atoms with E-state index in [1.807, 2.05) is 12.1 Å². The molecule has 3 heteroatoms. The monoisotopic (exact) mass is 311 g/mol. The third-order valence-corrected chi connectivity index (χ3v) is 4.29. The third kappa shape index (κ3) is 3.85. The number of benzene rings is 1. The van der Waals surface area contributed by atoms with Crippen molar-refractivity contribution in [1.29, 1.82) is 0 Å². The lowest BCUT2D eigenvalue weighted by molar-refractivity contribution is 0.0970. The number of fused-ring (bicyclic) bond motifs is 1. The van der Waals surface area contributed by atoms with Crippen LogP contribution in [0.5, 0.6) is 0 Å². The second-order valence-electron chi connectivity index (χ2n) is 5.87. The zero-order chi connectivity index (χ0) is 16.8. The maximum atomic E-state index is 12.4. The highest BCUT2D eigenvalue weighted by Crippen LogP contribution is 2.35. The van der Waals surface area contributed by atoms with Crippen molar-refractivity contribution in [3.8, 4) is 0 Å². The number of nitrogens with one attached hydrogen (secondary N) is 1. The van der Waals surface area contributed by atoms with Gasteiger partial charge >= 0.3 is 0 Å². The van der Waals surface area contributed by atoms with Crippen LogP contribution in [0.4, 0.5) is 0 Å². The summed E-state index contributed by atoms with van der Waals surface area (Å²) in [5.41, 5.74) is 3.70. The minimum absolute atomic E-state index is 0.0369. The number of carbonyl (C=O) groups excluding carboxylic acids is 2. The van der Waals surface area contributed by atoms with Crippen LogP contribution in [0, 0.1) is 0 Å². The molecule has 0 radical (unpaired) electrons. The van der Waals surface area contributed by atoms with Crippen molar-refractivity contribution >= 4 is 11.6 Å². The molecule has 0 amide bonds. The number of Topliss-reactive ketones (excluding diaryl/α,β-unsaturated/α-hetero) is 2. The van der Waals surface area contributed by atoms with Crippen LogP contribution in [-0.4, -0.2) is 24.7 Å². The van der Waals surface area contributed by atoms with Crippen LogP contribution in [0.15, 0.2) is 47.6 Å². The maximum Gasteiger partial charge on any atom is 0.190 e. The summed E-state index contributed by atoms with van der Waals surface area (Å²) >= 11 is 0. The van der Waals surface area contributed by atoms with E-state index < -0.39 is 0 Å². The molecule has 1 N–H and O–H groups in total. The highest BCUT2D eigenvalue weighted by molar-refractivity contribution is 6.26. The molecule has 0 saturated heterocycles. The van der Waals surface area contributed by atoms with Gasteiger partial charge in [0, 0.05) is 22.3 Å².